The van der Waals surface area contributed by atoms with Gasteiger partial charge in [-0.1, -0.05) is 29.8 Å². The van der Waals surface area contributed by atoms with Crippen LogP contribution in [-0.4, -0.2) is 15.7 Å². The van der Waals surface area contributed by atoms with Crippen molar-refractivity contribution in [3.8, 4) is 0 Å². The van der Waals surface area contributed by atoms with Crippen LogP contribution in [-0.2, 0) is 7.05 Å². The van der Waals surface area contributed by atoms with Crippen molar-refractivity contribution < 1.29 is 4.79 Å². The second-order valence-corrected chi connectivity index (χ2v) is 5.09. The number of hydrogen-bond acceptors (Lipinski definition) is 3. The first-order chi connectivity index (χ1) is 10.1. The molecule has 0 atom stereocenters. The van der Waals surface area contributed by atoms with E-state index in [2.05, 4.69) is 10.4 Å². The molecular weight excluding hydrogens is 288 g/mol. The Morgan fingerprint density at radius 3 is 2.81 bits per heavy atom. The number of carbonyl (C=O) groups excluding carboxylic acids is 1. The van der Waals surface area contributed by atoms with E-state index in [0.717, 1.165) is 10.9 Å². The lowest BCUT2D eigenvalue weighted by Gasteiger charge is -2.06. The maximum atomic E-state index is 12.4. The van der Waals surface area contributed by atoms with Crippen LogP contribution in [0.4, 0.5) is 11.4 Å². The first-order valence-corrected chi connectivity index (χ1v) is 6.72. The number of nitrogens with two attached hydrogens (primary N) is 1. The predicted octanol–water partition coefficient (Wildman–Crippen LogP) is 3.06. The van der Waals surface area contributed by atoms with Crippen molar-refractivity contribution in [2.45, 2.75) is 0 Å². The van der Waals surface area contributed by atoms with Crippen LogP contribution in [0.5, 0.6) is 0 Å². The van der Waals surface area contributed by atoms with Crippen molar-refractivity contribution >= 4 is 39.8 Å². The fourth-order valence-corrected chi connectivity index (χ4v) is 2.43. The second-order valence-electron chi connectivity index (χ2n) is 4.68. The number of benzene rings is 2. The predicted molar refractivity (Wildman–Crippen MR) is 84.5 cm³/mol. The fraction of sp³-hybridized carbons (Fsp3) is 0.0667. The lowest BCUT2D eigenvalue weighted by atomic mass is 10.2. The highest BCUT2D eigenvalue weighted by Crippen LogP contribution is 2.25. The second kappa shape index (κ2) is 5.10. The lowest BCUT2D eigenvalue weighted by molar-refractivity contribution is 0.102. The van der Waals surface area contributed by atoms with Crippen molar-refractivity contribution in [2.75, 3.05) is 11.1 Å². The van der Waals surface area contributed by atoms with E-state index in [4.69, 9.17) is 17.3 Å². The van der Waals surface area contributed by atoms with Crippen LogP contribution in [0.25, 0.3) is 10.9 Å². The number of aromatic nitrogens is 2. The number of carbonyl (C=O) groups is 1. The van der Waals surface area contributed by atoms with E-state index < -0.39 is 0 Å². The van der Waals surface area contributed by atoms with E-state index in [1.54, 1.807) is 29.9 Å². The minimum atomic E-state index is -0.307. The minimum Gasteiger partial charge on any atom is -0.399 e. The number of aryl methyl sites for hydroxylation is 1. The van der Waals surface area contributed by atoms with Crippen molar-refractivity contribution in [2.24, 2.45) is 7.05 Å². The van der Waals surface area contributed by atoms with E-state index in [1.807, 2.05) is 24.3 Å². The zero-order valence-corrected chi connectivity index (χ0v) is 12.1. The van der Waals surface area contributed by atoms with E-state index in [9.17, 15) is 4.79 Å². The molecule has 5 nitrogen and oxygen atoms in total. The number of fused-ring (bicyclic) bond motifs is 1. The fourth-order valence-electron chi connectivity index (χ4n) is 2.20. The van der Waals surface area contributed by atoms with E-state index in [1.165, 1.54) is 0 Å². The Morgan fingerprint density at radius 1 is 1.29 bits per heavy atom. The monoisotopic (exact) mass is 300 g/mol. The number of nitrogens with one attached hydrogen (secondary N) is 1. The van der Waals surface area contributed by atoms with Gasteiger partial charge in [0.25, 0.3) is 5.91 Å². The summed E-state index contributed by atoms with van der Waals surface area (Å²) in [4.78, 5) is 12.4. The van der Waals surface area contributed by atoms with Crippen molar-refractivity contribution in [3.63, 3.8) is 0 Å². The normalized spacial score (nSPS) is 10.8. The zero-order chi connectivity index (χ0) is 15.0. The molecule has 1 aromatic heterocycles. The van der Waals surface area contributed by atoms with Gasteiger partial charge in [-0.3, -0.25) is 9.48 Å². The quantitative estimate of drug-likeness (QED) is 0.714. The summed E-state index contributed by atoms with van der Waals surface area (Å²) in [6.07, 6.45) is 0. The van der Waals surface area contributed by atoms with E-state index in [-0.39, 0.29) is 5.91 Å². The summed E-state index contributed by atoms with van der Waals surface area (Å²) in [5.41, 5.74) is 7.94. The van der Waals surface area contributed by atoms with Crippen molar-refractivity contribution in [1.29, 1.82) is 0 Å². The molecule has 0 unspecified atom stereocenters. The molecular formula is C15H13ClN4O. The smallest absolute Gasteiger partial charge is 0.276 e. The molecule has 21 heavy (non-hydrogen) atoms. The van der Waals surface area contributed by atoms with Crippen molar-refractivity contribution in [3.05, 3.63) is 53.2 Å². The molecule has 0 aliphatic heterocycles. The number of anilines is 2. The topological polar surface area (TPSA) is 72.9 Å². The van der Waals surface area contributed by atoms with Gasteiger partial charge in [0.05, 0.1) is 16.2 Å². The first kappa shape index (κ1) is 13.5. The summed E-state index contributed by atoms with van der Waals surface area (Å²) >= 11 is 6.06. The molecule has 106 valence electrons. The Hall–Kier alpha value is -2.53. The molecule has 6 heteroatoms. The van der Waals surface area contributed by atoms with E-state index in [0.29, 0.717) is 22.1 Å². The summed E-state index contributed by atoms with van der Waals surface area (Å²) in [6, 6.07) is 12.5. The Kier molecular flexibility index (Phi) is 3.27. The van der Waals surface area contributed by atoms with E-state index >= 15 is 0 Å². The molecule has 1 amide bonds. The number of nitrogen functional groups attached to an aromatic ring is 1. The minimum absolute atomic E-state index is 0.307. The van der Waals surface area contributed by atoms with Crippen LogP contribution < -0.4 is 11.1 Å². The number of amides is 1. The number of para-hydroxylation sites is 1. The number of hydrogen-bond donors (Lipinski definition) is 2. The van der Waals surface area contributed by atoms with Crippen LogP contribution in [0.2, 0.25) is 5.02 Å². The van der Waals surface area contributed by atoms with Gasteiger partial charge >= 0.3 is 0 Å². The number of rotatable bonds is 2. The van der Waals surface area contributed by atoms with Gasteiger partial charge in [0.2, 0.25) is 0 Å². The Morgan fingerprint density at radius 2 is 2.05 bits per heavy atom. The van der Waals surface area contributed by atoms with Crippen LogP contribution in [0, 0.1) is 0 Å². The molecule has 0 saturated carbocycles. The van der Waals surface area contributed by atoms with Gasteiger partial charge in [0.1, 0.15) is 0 Å². The van der Waals surface area contributed by atoms with Crippen LogP contribution >= 0.6 is 11.6 Å². The summed E-state index contributed by atoms with van der Waals surface area (Å²) in [6.45, 7) is 0. The van der Waals surface area contributed by atoms with Gasteiger partial charge in [0.15, 0.2) is 5.69 Å². The Balaban J connectivity index is 1.98. The highest BCUT2D eigenvalue weighted by atomic mass is 35.5. The van der Waals surface area contributed by atoms with Crippen LogP contribution in [0.1, 0.15) is 10.5 Å². The third-order valence-corrected chi connectivity index (χ3v) is 3.53. The molecule has 3 rings (SSSR count). The Labute approximate surface area is 126 Å². The number of nitrogens with zero attached hydrogens (tertiary/aromatic N) is 2. The third-order valence-electron chi connectivity index (χ3n) is 3.21. The van der Waals surface area contributed by atoms with Gasteiger partial charge in [-0.2, -0.15) is 5.10 Å². The van der Waals surface area contributed by atoms with Gasteiger partial charge in [-0.05, 0) is 24.3 Å². The summed E-state index contributed by atoms with van der Waals surface area (Å²) < 4.78 is 1.68. The number of halogens is 1. The summed E-state index contributed by atoms with van der Waals surface area (Å²) in [5, 5.41) is 8.21. The average molecular weight is 301 g/mol. The summed E-state index contributed by atoms with van der Waals surface area (Å²) in [5.74, 6) is -0.307. The third kappa shape index (κ3) is 2.43. The lowest BCUT2D eigenvalue weighted by Crippen LogP contribution is -2.13. The van der Waals surface area contributed by atoms with Gasteiger partial charge in [0, 0.05) is 18.1 Å². The molecule has 0 radical (unpaired) electrons. The highest BCUT2D eigenvalue weighted by Gasteiger charge is 2.16. The molecule has 0 aliphatic rings. The molecule has 2 aromatic carbocycles. The van der Waals surface area contributed by atoms with Gasteiger partial charge in [-0.25, -0.2) is 0 Å². The van der Waals surface area contributed by atoms with Gasteiger partial charge < -0.3 is 11.1 Å². The standard InChI is InChI=1S/C15H13ClN4O/c1-20-13-5-3-2-4-10(13)14(19-20)15(21)18-12-7-6-9(17)8-11(12)16/h2-8H,17H2,1H3,(H,18,21). The summed E-state index contributed by atoms with van der Waals surface area (Å²) in [7, 11) is 1.80. The largest absolute Gasteiger partial charge is 0.399 e. The van der Waals surface area contributed by atoms with Crippen LogP contribution in [0.3, 0.4) is 0 Å². The molecule has 0 spiro atoms. The average Bonchev–Trinajstić information content (AvgIpc) is 2.80. The first-order valence-electron chi connectivity index (χ1n) is 6.34. The molecule has 0 bridgehead atoms. The maximum Gasteiger partial charge on any atom is 0.276 e. The molecule has 3 aromatic rings. The Bertz CT molecular complexity index is 841. The molecule has 0 fully saturated rings. The molecule has 1 heterocycles. The molecule has 0 saturated heterocycles. The molecule has 3 N–H and O–H groups in total. The van der Waals surface area contributed by atoms with Crippen molar-refractivity contribution in [1.82, 2.24) is 9.78 Å². The maximum absolute atomic E-state index is 12.4. The SMILES string of the molecule is Cn1nc(C(=O)Nc2ccc(N)cc2Cl)c2ccccc21. The van der Waals surface area contributed by atoms with Gasteiger partial charge in [-0.15, -0.1) is 0 Å². The van der Waals surface area contributed by atoms with Crippen LogP contribution in [0.15, 0.2) is 42.5 Å². The zero-order valence-electron chi connectivity index (χ0n) is 11.3. The highest BCUT2D eigenvalue weighted by molar-refractivity contribution is 6.34. The molecule has 0 aliphatic carbocycles.